The van der Waals surface area contributed by atoms with Crippen LogP contribution in [0.15, 0.2) is 24.3 Å². The molecule has 0 atom stereocenters. The van der Waals surface area contributed by atoms with E-state index in [9.17, 15) is 0 Å². The van der Waals surface area contributed by atoms with E-state index in [1.807, 2.05) is 24.3 Å². The van der Waals surface area contributed by atoms with Gasteiger partial charge in [0.05, 0.1) is 0 Å². The molecule has 3 aromatic carbocycles. The Bertz CT molecular complexity index is 489. The summed E-state index contributed by atoms with van der Waals surface area (Å²) in [4.78, 5) is 0. The van der Waals surface area contributed by atoms with Crippen LogP contribution < -0.4 is 0 Å². The molecule has 66 valence electrons. The molecule has 0 heteroatoms. The molecule has 0 fully saturated rings. The molecule has 14 heavy (non-hydrogen) atoms. The van der Waals surface area contributed by atoms with E-state index in [0.29, 0.717) is 0 Å². The number of rotatable bonds is 0. The third-order valence-electron chi connectivity index (χ3n) is 2.08. The lowest BCUT2D eigenvalue weighted by atomic mass is 10.0. The lowest BCUT2D eigenvalue weighted by molar-refractivity contribution is 1.72. The summed E-state index contributed by atoms with van der Waals surface area (Å²) in [6.45, 7) is 0. The third-order valence-corrected chi connectivity index (χ3v) is 2.08. The van der Waals surface area contributed by atoms with Gasteiger partial charge in [-0.05, 0) is 0 Å². The Morgan fingerprint density at radius 1 is 0.500 bits per heavy atom. The monoisotopic (exact) mass is 172 g/mol. The predicted molar refractivity (Wildman–Crippen MR) is 54.5 cm³/mol. The van der Waals surface area contributed by atoms with Crippen LogP contribution in [-0.4, -0.2) is 0 Å². The Balaban J connectivity index is 2.52. The van der Waals surface area contributed by atoms with Crippen molar-refractivity contribution < 1.29 is 0 Å². The van der Waals surface area contributed by atoms with Crippen LogP contribution in [0.1, 0.15) is 0 Å². The van der Waals surface area contributed by atoms with Crippen molar-refractivity contribution in [1.29, 1.82) is 0 Å². The number of hydrogen-bond acceptors (Lipinski definition) is 0. The molecule has 0 aromatic heterocycles. The molecule has 0 aliphatic heterocycles. The van der Waals surface area contributed by atoms with Gasteiger partial charge in [0.1, 0.15) is 0 Å². The van der Waals surface area contributed by atoms with Gasteiger partial charge in [-0.15, -0.1) is 0 Å². The van der Waals surface area contributed by atoms with Crippen molar-refractivity contribution in [2.75, 3.05) is 0 Å². The zero-order chi connectivity index (χ0) is 9.38. The van der Waals surface area contributed by atoms with Gasteiger partial charge in [0.2, 0.25) is 0 Å². The van der Waals surface area contributed by atoms with Crippen LogP contribution in [0, 0.1) is 36.4 Å². The van der Waals surface area contributed by atoms with Crippen LogP contribution in [0.5, 0.6) is 0 Å². The van der Waals surface area contributed by atoms with E-state index in [-0.39, 0.29) is 0 Å². The molecule has 0 N–H and O–H groups in total. The maximum Gasteiger partial charge on any atom is -0.408 e. The van der Waals surface area contributed by atoms with E-state index in [4.69, 9.17) is 0 Å². The summed E-state index contributed by atoms with van der Waals surface area (Å²) in [5.74, 6) is 0. The molecule has 0 saturated carbocycles. The summed E-state index contributed by atoms with van der Waals surface area (Å²) in [6.07, 6.45) is 0. The van der Waals surface area contributed by atoms with Crippen LogP contribution in [0.25, 0.3) is 21.5 Å². The van der Waals surface area contributed by atoms with Crippen molar-refractivity contribution in [3.05, 3.63) is 60.7 Å². The van der Waals surface area contributed by atoms with Crippen LogP contribution in [0.3, 0.4) is 0 Å². The number of hydrogen-bond donors (Lipinski definition) is 0. The average Bonchev–Trinajstić information content (AvgIpc) is 2.26. The second-order valence-corrected chi connectivity index (χ2v) is 2.99. The molecular formula is C14H4-6. The van der Waals surface area contributed by atoms with Gasteiger partial charge < -0.3 is 82.2 Å². The van der Waals surface area contributed by atoms with Gasteiger partial charge in [-0.3, -0.25) is 0 Å². The third kappa shape index (κ3) is 1.08. The van der Waals surface area contributed by atoms with E-state index >= 15 is 0 Å². The first-order valence-corrected chi connectivity index (χ1v) is 4.32. The van der Waals surface area contributed by atoms with Gasteiger partial charge in [-0.1, -0.05) is 0 Å². The van der Waals surface area contributed by atoms with E-state index < -0.39 is 0 Å². The first-order chi connectivity index (χ1) is 6.93. The van der Waals surface area contributed by atoms with Gasteiger partial charge in [0.25, 0.3) is 0 Å². The Morgan fingerprint density at radius 3 is 1.07 bits per heavy atom. The minimum absolute atomic E-state index is 0.899. The van der Waals surface area contributed by atoms with Crippen LogP contribution in [-0.2, 0) is 0 Å². The second-order valence-electron chi connectivity index (χ2n) is 2.99. The molecule has 0 nitrogen and oxygen atoms in total. The summed E-state index contributed by atoms with van der Waals surface area (Å²) in [5, 5.41) is 3.60. The average molecular weight is 172 g/mol. The first kappa shape index (κ1) is 7.57. The van der Waals surface area contributed by atoms with Crippen molar-refractivity contribution in [2.24, 2.45) is 0 Å². The Kier molecular flexibility index (Phi) is 1.54. The van der Waals surface area contributed by atoms with Gasteiger partial charge in [-0.25, -0.2) is 0 Å². The summed E-state index contributed by atoms with van der Waals surface area (Å²) in [6, 6.07) is 26.1. The van der Waals surface area contributed by atoms with Gasteiger partial charge >= 0.3 is 0 Å². The molecule has 0 unspecified atom stereocenters. The molecule has 0 saturated heterocycles. The molecule has 0 aliphatic rings. The van der Waals surface area contributed by atoms with Crippen LogP contribution in [0.2, 0.25) is 0 Å². The van der Waals surface area contributed by atoms with Gasteiger partial charge in [0.15, 0.2) is 0 Å². The van der Waals surface area contributed by atoms with Crippen molar-refractivity contribution >= 4 is 21.5 Å². The highest BCUT2D eigenvalue weighted by Gasteiger charge is 1.49. The largest absolute Gasteiger partial charge is 0.500 e. The molecule has 0 heterocycles. The highest BCUT2D eigenvalue weighted by Crippen LogP contribution is 2.19. The van der Waals surface area contributed by atoms with Crippen LogP contribution >= 0.6 is 0 Å². The zero-order valence-corrected chi connectivity index (χ0v) is 7.31. The fourth-order valence-electron chi connectivity index (χ4n) is 1.43. The standard InChI is InChI=1S/C14H4/c1-2-6-12-10-14-8-4-3-7-13(14)9-11(12)5-1/h1-4H/q-6. The fourth-order valence-corrected chi connectivity index (χ4v) is 1.43. The molecule has 0 bridgehead atoms. The molecule has 0 aliphatic carbocycles. The summed E-state index contributed by atoms with van der Waals surface area (Å²) >= 11 is 0. The fraction of sp³-hybridized carbons (Fsp3) is 0. The molecule has 0 amide bonds. The van der Waals surface area contributed by atoms with Gasteiger partial charge in [0, 0.05) is 0 Å². The van der Waals surface area contributed by atoms with Crippen molar-refractivity contribution in [1.82, 2.24) is 0 Å². The SMILES string of the molecule is [c-]1cc[c-]c2[c-]c3[c-]cc[c-]c3[c-]c12. The summed E-state index contributed by atoms with van der Waals surface area (Å²) in [5.41, 5.74) is 0. The topological polar surface area (TPSA) is 0 Å². The minimum Gasteiger partial charge on any atom is -0.500 e. The zero-order valence-electron chi connectivity index (χ0n) is 7.31. The number of benzene rings is 3. The van der Waals surface area contributed by atoms with Gasteiger partial charge in [-0.2, -0.15) is 0 Å². The van der Waals surface area contributed by atoms with Crippen molar-refractivity contribution in [3.8, 4) is 0 Å². The van der Waals surface area contributed by atoms with E-state index in [1.54, 1.807) is 0 Å². The Hall–Kier alpha value is -1.82. The minimum atomic E-state index is 0.899. The normalized spacial score (nSPS) is 10.9. The Morgan fingerprint density at radius 2 is 0.786 bits per heavy atom. The Labute approximate surface area is 82.8 Å². The maximum atomic E-state index is 3.20. The molecule has 3 aromatic rings. The molecular weight excluding hydrogens is 168 g/mol. The smallest absolute Gasteiger partial charge is 0.408 e. The summed E-state index contributed by atoms with van der Waals surface area (Å²) in [7, 11) is 0. The molecule has 0 radical (unpaired) electrons. The quantitative estimate of drug-likeness (QED) is 0.361. The lowest BCUT2D eigenvalue weighted by Crippen LogP contribution is -1.77. The van der Waals surface area contributed by atoms with Crippen LogP contribution in [0.4, 0.5) is 0 Å². The van der Waals surface area contributed by atoms with Crippen molar-refractivity contribution in [2.45, 2.75) is 0 Å². The molecule has 3 rings (SSSR count). The van der Waals surface area contributed by atoms with E-state index in [0.717, 1.165) is 21.5 Å². The lowest BCUT2D eigenvalue weighted by Gasteiger charge is -2.46. The highest BCUT2D eigenvalue weighted by molar-refractivity contribution is 5.95. The highest BCUT2D eigenvalue weighted by atomic mass is 14.0. The predicted octanol–water partition coefficient (Wildman–Crippen LogP) is 2.79. The van der Waals surface area contributed by atoms with E-state index in [2.05, 4.69) is 36.4 Å². The molecule has 0 spiro atoms. The van der Waals surface area contributed by atoms with E-state index in [1.165, 1.54) is 0 Å². The summed E-state index contributed by atoms with van der Waals surface area (Å²) < 4.78 is 0. The first-order valence-electron chi connectivity index (χ1n) is 4.32. The van der Waals surface area contributed by atoms with Crippen molar-refractivity contribution in [3.63, 3.8) is 0 Å². The second kappa shape index (κ2) is 2.85. The number of fused-ring (bicyclic) bond motifs is 2. The maximum absolute atomic E-state index is 3.20.